The van der Waals surface area contributed by atoms with Crippen LogP contribution < -0.4 is 10.6 Å². The molecule has 0 bridgehead atoms. The molecule has 0 radical (unpaired) electrons. The Morgan fingerprint density at radius 2 is 1.95 bits per heavy atom. The third kappa shape index (κ3) is 4.80. The number of nitrogens with one attached hydrogen (secondary N) is 2. The van der Waals surface area contributed by atoms with Gasteiger partial charge in [0.05, 0.1) is 18.0 Å². The Labute approximate surface area is 123 Å². The average Bonchev–Trinajstić information content (AvgIpc) is 3.30. The van der Waals surface area contributed by atoms with E-state index in [2.05, 4.69) is 16.7 Å². The van der Waals surface area contributed by atoms with Crippen LogP contribution in [0.25, 0.3) is 0 Å². The Balaban J connectivity index is 1.60. The summed E-state index contributed by atoms with van der Waals surface area (Å²) in [4.78, 5) is 22.9. The second kappa shape index (κ2) is 6.75. The fourth-order valence-electron chi connectivity index (χ4n) is 1.74. The van der Waals surface area contributed by atoms with Crippen LogP contribution in [0.15, 0.2) is 30.3 Å². The van der Waals surface area contributed by atoms with Crippen molar-refractivity contribution in [1.82, 2.24) is 10.6 Å². The molecule has 1 aromatic rings. The van der Waals surface area contributed by atoms with E-state index in [-0.39, 0.29) is 24.5 Å². The average molecular weight is 287 g/mol. The Bertz CT molecular complexity index is 547. The van der Waals surface area contributed by atoms with Crippen molar-refractivity contribution in [3.05, 3.63) is 35.9 Å². The molecule has 2 rings (SSSR count). The van der Waals surface area contributed by atoms with E-state index in [4.69, 9.17) is 10.00 Å². The fraction of sp³-hybridized carbons (Fsp3) is 0.400. The molecular weight excluding hydrogens is 270 g/mol. The molecule has 0 saturated heterocycles. The first-order valence-electron chi connectivity index (χ1n) is 6.76. The number of hydrogen-bond acceptors (Lipinski definition) is 4. The Hall–Kier alpha value is -2.55. The van der Waals surface area contributed by atoms with E-state index in [0.717, 1.165) is 18.4 Å². The minimum atomic E-state index is -0.643. The van der Waals surface area contributed by atoms with Gasteiger partial charge in [0.25, 0.3) is 0 Å². The van der Waals surface area contributed by atoms with Crippen molar-refractivity contribution in [3.63, 3.8) is 0 Å². The van der Waals surface area contributed by atoms with Crippen LogP contribution in [0.5, 0.6) is 0 Å². The van der Waals surface area contributed by atoms with Crippen molar-refractivity contribution in [2.75, 3.05) is 13.1 Å². The monoisotopic (exact) mass is 287 g/mol. The molecule has 0 spiro atoms. The predicted octanol–water partition coefficient (Wildman–Crippen LogP) is 1.33. The molecule has 0 aromatic heterocycles. The maximum Gasteiger partial charge on any atom is 0.407 e. The number of nitrogens with zero attached hydrogens (tertiary/aromatic N) is 1. The van der Waals surface area contributed by atoms with Gasteiger partial charge in [-0.05, 0) is 18.4 Å². The van der Waals surface area contributed by atoms with Crippen molar-refractivity contribution in [1.29, 1.82) is 5.26 Å². The van der Waals surface area contributed by atoms with Gasteiger partial charge in [0.1, 0.15) is 6.61 Å². The fourth-order valence-corrected chi connectivity index (χ4v) is 1.74. The van der Waals surface area contributed by atoms with E-state index >= 15 is 0 Å². The summed E-state index contributed by atoms with van der Waals surface area (Å²) in [5, 5.41) is 13.9. The van der Waals surface area contributed by atoms with Crippen LogP contribution in [0.3, 0.4) is 0 Å². The summed E-state index contributed by atoms with van der Waals surface area (Å²) in [5.41, 5.74) is 0.491. The Morgan fingerprint density at radius 3 is 2.57 bits per heavy atom. The van der Waals surface area contributed by atoms with Crippen LogP contribution in [0.2, 0.25) is 0 Å². The maximum absolute atomic E-state index is 11.5. The molecule has 1 saturated carbocycles. The lowest BCUT2D eigenvalue weighted by atomic mass is 10.1. The molecule has 0 aliphatic heterocycles. The smallest absolute Gasteiger partial charge is 0.407 e. The second-order valence-corrected chi connectivity index (χ2v) is 5.08. The van der Waals surface area contributed by atoms with Gasteiger partial charge in [0, 0.05) is 6.54 Å². The largest absolute Gasteiger partial charge is 0.445 e. The van der Waals surface area contributed by atoms with E-state index in [0.29, 0.717) is 6.54 Å². The van der Waals surface area contributed by atoms with E-state index in [1.165, 1.54) is 0 Å². The van der Waals surface area contributed by atoms with Crippen LogP contribution in [-0.2, 0) is 16.1 Å². The highest BCUT2D eigenvalue weighted by Gasteiger charge is 2.43. The molecule has 1 aliphatic carbocycles. The summed E-state index contributed by atoms with van der Waals surface area (Å²) in [6.45, 7) is 0.337. The lowest BCUT2D eigenvalue weighted by molar-refractivity contribution is -0.120. The first-order chi connectivity index (χ1) is 10.1. The molecular formula is C15H17N3O3. The van der Waals surface area contributed by atoms with Crippen molar-refractivity contribution < 1.29 is 14.3 Å². The lowest BCUT2D eigenvalue weighted by Gasteiger charge is -2.09. The SMILES string of the molecule is N#CC1(CNC(=O)CNC(=O)OCc2ccccc2)CC1. The summed E-state index contributed by atoms with van der Waals surface area (Å²) >= 11 is 0. The van der Waals surface area contributed by atoms with E-state index in [1.54, 1.807) is 0 Å². The molecule has 1 aromatic carbocycles. The quantitative estimate of drug-likeness (QED) is 0.825. The predicted molar refractivity (Wildman–Crippen MR) is 74.9 cm³/mol. The number of ether oxygens (including phenoxy) is 1. The Kier molecular flexibility index (Phi) is 4.77. The van der Waals surface area contributed by atoms with Gasteiger partial charge < -0.3 is 15.4 Å². The molecule has 1 fully saturated rings. The van der Waals surface area contributed by atoms with Crippen LogP contribution in [0.1, 0.15) is 18.4 Å². The molecule has 110 valence electrons. The van der Waals surface area contributed by atoms with Gasteiger partial charge in [-0.3, -0.25) is 4.79 Å². The summed E-state index contributed by atoms with van der Waals surface area (Å²) in [6.07, 6.45) is 0.988. The summed E-state index contributed by atoms with van der Waals surface area (Å²) in [6, 6.07) is 11.5. The maximum atomic E-state index is 11.5. The lowest BCUT2D eigenvalue weighted by Crippen LogP contribution is -2.39. The third-order valence-corrected chi connectivity index (χ3v) is 3.32. The summed E-state index contributed by atoms with van der Waals surface area (Å²) in [7, 11) is 0. The molecule has 21 heavy (non-hydrogen) atoms. The normalized spacial score (nSPS) is 14.6. The highest BCUT2D eigenvalue weighted by Crippen LogP contribution is 2.43. The highest BCUT2D eigenvalue weighted by molar-refractivity contribution is 5.82. The highest BCUT2D eigenvalue weighted by atomic mass is 16.5. The minimum absolute atomic E-state index is 0.158. The third-order valence-electron chi connectivity index (χ3n) is 3.32. The van der Waals surface area contributed by atoms with Gasteiger partial charge >= 0.3 is 6.09 Å². The number of carbonyl (C=O) groups excluding carboxylic acids is 2. The van der Waals surface area contributed by atoms with Gasteiger partial charge in [-0.1, -0.05) is 30.3 Å². The molecule has 1 aliphatic rings. The minimum Gasteiger partial charge on any atom is -0.445 e. The van der Waals surface area contributed by atoms with Gasteiger partial charge in [0.2, 0.25) is 5.91 Å². The number of carbonyl (C=O) groups is 2. The summed E-state index contributed by atoms with van der Waals surface area (Å²) in [5.74, 6) is -0.326. The van der Waals surface area contributed by atoms with Crippen molar-refractivity contribution in [2.45, 2.75) is 19.4 Å². The molecule has 6 heteroatoms. The number of nitriles is 1. The first-order valence-corrected chi connectivity index (χ1v) is 6.76. The van der Waals surface area contributed by atoms with E-state index in [1.807, 2.05) is 30.3 Å². The topological polar surface area (TPSA) is 91.2 Å². The van der Waals surface area contributed by atoms with E-state index < -0.39 is 6.09 Å². The van der Waals surface area contributed by atoms with Crippen LogP contribution in [-0.4, -0.2) is 25.1 Å². The number of rotatable bonds is 6. The van der Waals surface area contributed by atoms with Gasteiger partial charge in [-0.15, -0.1) is 0 Å². The zero-order valence-corrected chi connectivity index (χ0v) is 11.6. The van der Waals surface area contributed by atoms with Crippen LogP contribution in [0, 0.1) is 16.7 Å². The zero-order chi connectivity index (χ0) is 15.1. The number of hydrogen-bond donors (Lipinski definition) is 2. The van der Waals surface area contributed by atoms with Crippen molar-refractivity contribution >= 4 is 12.0 Å². The molecule has 2 amide bonds. The first kappa shape index (κ1) is 14.9. The number of benzene rings is 1. The van der Waals surface area contributed by atoms with Gasteiger partial charge in [-0.2, -0.15) is 5.26 Å². The van der Waals surface area contributed by atoms with E-state index in [9.17, 15) is 9.59 Å². The zero-order valence-electron chi connectivity index (χ0n) is 11.6. The number of alkyl carbamates (subject to hydrolysis) is 1. The molecule has 2 N–H and O–H groups in total. The second-order valence-electron chi connectivity index (χ2n) is 5.08. The van der Waals surface area contributed by atoms with Crippen LogP contribution >= 0.6 is 0 Å². The molecule has 0 unspecified atom stereocenters. The standard InChI is InChI=1S/C15H17N3O3/c16-10-15(6-7-15)11-18-13(19)8-17-14(20)21-9-12-4-2-1-3-5-12/h1-5H,6-9,11H2,(H,17,20)(H,18,19). The van der Waals surface area contributed by atoms with Gasteiger partial charge in [0.15, 0.2) is 0 Å². The van der Waals surface area contributed by atoms with Gasteiger partial charge in [-0.25, -0.2) is 4.79 Å². The van der Waals surface area contributed by atoms with Crippen molar-refractivity contribution in [3.8, 4) is 6.07 Å². The van der Waals surface area contributed by atoms with Crippen LogP contribution in [0.4, 0.5) is 4.79 Å². The Morgan fingerprint density at radius 1 is 1.24 bits per heavy atom. The number of amides is 2. The summed E-state index contributed by atoms with van der Waals surface area (Å²) < 4.78 is 4.98. The molecule has 0 atom stereocenters. The molecule has 6 nitrogen and oxygen atoms in total. The molecule has 0 heterocycles. The van der Waals surface area contributed by atoms with Crippen molar-refractivity contribution in [2.24, 2.45) is 5.41 Å².